The van der Waals surface area contributed by atoms with Gasteiger partial charge in [0.05, 0.1) is 5.70 Å². The molecule has 1 aromatic carbocycles. The first-order valence-corrected chi connectivity index (χ1v) is 7.99. The highest BCUT2D eigenvalue weighted by molar-refractivity contribution is 6.20. The van der Waals surface area contributed by atoms with Crippen molar-refractivity contribution in [1.29, 1.82) is 0 Å². The van der Waals surface area contributed by atoms with Gasteiger partial charge in [-0.05, 0) is 24.8 Å². The molecular formula is C18H21NO4. The molecule has 0 unspecified atom stereocenters. The van der Waals surface area contributed by atoms with Crippen LogP contribution in [0.1, 0.15) is 38.7 Å². The second-order valence-electron chi connectivity index (χ2n) is 6.32. The first-order valence-electron chi connectivity index (χ1n) is 7.99. The third-order valence-corrected chi connectivity index (χ3v) is 4.04. The lowest BCUT2D eigenvalue weighted by Gasteiger charge is -2.35. The van der Waals surface area contributed by atoms with Crippen molar-refractivity contribution in [3.63, 3.8) is 0 Å². The summed E-state index contributed by atoms with van der Waals surface area (Å²) in [5.74, 6) is -2.45. The minimum atomic E-state index is -1.22. The van der Waals surface area contributed by atoms with Crippen LogP contribution in [-0.4, -0.2) is 35.7 Å². The normalized spacial score (nSPS) is 20.8. The van der Waals surface area contributed by atoms with E-state index in [9.17, 15) is 9.59 Å². The number of hydrogen-bond donors (Lipinski definition) is 0. The van der Waals surface area contributed by atoms with Gasteiger partial charge in [-0.2, -0.15) is 0 Å². The Morgan fingerprint density at radius 3 is 2.09 bits per heavy atom. The van der Waals surface area contributed by atoms with E-state index in [0.29, 0.717) is 5.70 Å². The van der Waals surface area contributed by atoms with Crippen molar-refractivity contribution in [3.05, 3.63) is 41.5 Å². The number of esters is 2. The highest BCUT2D eigenvalue weighted by Gasteiger charge is 2.42. The second-order valence-corrected chi connectivity index (χ2v) is 6.32. The van der Waals surface area contributed by atoms with Crippen molar-refractivity contribution in [1.82, 2.24) is 4.90 Å². The van der Waals surface area contributed by atoms with E-state index in [2.05, 4.69) is 4.90 Å². The first-order chi connectivity index (χ1) is 11.0. The Morgan fingerprint density at radius 2 is 1.52 bits per heavy atom. The van der Waals surface area contributed by atoms with Gasteiger partial charge in [-0.3, -0.25) is 0 Å². The van der Waals surface area contributed by atoms with Gasteiger partial charge in [0.25, 0.3) is 5.79 Å². The summed E-state index contributed by atoms with van der Waals surface area (Å²) in [4.78, 5) is 27.0. The summed E-state index contributed by atoms with van der Waals surface area (Å²) in [5.41, 5.74) is 1.45. The molecule has 0 aliphatic carbocycles. The zero-order valence-electron chi connectivity index (χ0n) is 13.5. The fourth-order valence-electron chi connectivity index (χ4n) is 3.04. The summed E-state index contributed by atoms with van der Waals surface area (Å²) in [7, 11) is 0. The van der Waals surface area contributed by atoms with Crippen LogP contribution in [0.4, 0.5) is 0 Å². The second kappa shape index (κ2) is 6.07. The number of likely N-dealkylation sites (tertiary alicyclic amines) is 1. The average Bonchev–Trinajstić information content (AvgIpc) is 2.51. The van der Waals surface area contributed by atoms with Gasteiger partial charge in [0.1, 0.15) is 0 Å². The topological polar surface area (TPSA) is 55.8 Å². The number of ether oxygens (including phenoxy) is 2. The van der Waals surface area contributed by atoms with Gasteiger partial charge >= 0.3 is 11.9 Å². The summed E-state index contributed by atoms with van der Waals surface area (Å²) in [5, 5.41) is 0. The zero-order chi connectivity index (χ0) is 16.4. The smallest absolute Gasteiger partial charge is 0.351 e. The number of benzene rings is 1. The predicted octanol–water partition coefficient (Wildman–Crippen LogP) is 2.72. The quantitative estimate of drug-likeness (QED) is 0.477. The highest BCUT2D eigenvalue weighted by atomic mass is 16.7. The van der Waals surface area contributed by atoms with Crippen molar-refractivity contribution in [2.24, 2.45) is 0 Å². The molecule has 122 valence electrons. The molecule has 0 spiro atoms. The van der Waals surface area contributed by atoms with Crippen LogP contribution in [0, 0.1) is 0 Å². The third-order valence-electron chi connectivity index (χ3n) is 4.04. The largest absolute Gasteiger partial charge is 0.419 e. The maximum absolute atomic E-state index is 12.5. The van der Waals surface area contributed by atoms with Crippen LogP contribution in [0.3, 0.4) is 0 Å². The molecule has 2 aliphatic heterocycles. The van der Waals surface area contributed by atoms with E-state index in [-0.39, 0.29) is 5.57 Å². The molecule has 3 rings (SSSR count). The van der Waals surface area contributed by atoms with E-state index in [1.54, 1.807) is 13.8 Å². The molecule has 0 aromatic heterocycles. The monoisotopic (exact) mass is 315 g/mol. The Balaban J connectivity index is 2.10. The van der Waals surface area contributed by atoms with E-state index in [0.717, 1.165) is 37.9 Å². The SMILES string of the molecule is CC1(C)OC(=O)C(=C(c2ccccc2)N2CCCCC2)C(=O)O1. The summed E-state index contributed by atoms with van der Waals surface area (Å²) >= 11 is 0. The van der Waals surface area contributed by atoms with Crippen LogP contribution in [-0.2, 0) is 19.1 Å². The molecule has 0 N–H and O–H groups in total. The van der Waals surface area contributed by atoms with Crippen LogP contribution in [0.2, 0.25) is 0 Å². The number of carbonyl (C=O) groups is 2. The number of cyclic esters (lactones) is 2. The molecule has 2 aliphatic rings. The Kier molecular flexibility index (Phi) is 4.11. The molecule has 5 heteroatoms. The summed E-state index contributed by atoms with van der Waals surface area (Å²) in [6.07, 6.45) is 3.24. The van der Waals surface area contributed by atoms with Crippen molar-refractivity contribution >= 4 is 17.6 Å². The van der Waals surface area contributed by atoms with Crippen molar-refractivity contribution in [2.75, 3.05) is 13.1 Å². The predicted molar refractivity (Wildman–Crippen MR) is 85.0 cm³/mol. The van der Waals surface area contributed by atoms with E-state index in [4.69, 9.17) is 9.47 Å². The van der Waals surface area contributed by atoms with Crippen LogP contribution in [0.5, 0.6) is 0 Å². The van der Waals surface area contributed by atoms with E-state index < -0.39 is 17.7 Å². The van der Waals surface area contributed by atoms with Gasteiger partial charge in [0.2, 0.25) is 0 Å². The number of hydrogen-bond acceptors (Lipinski definition) is 5. The zero-order valence-corrected chi connectivity index (χ0v) is 13.5. The van der Waals surface area contributed by atoms with E-state index >= 15 is 0 Å². The average molecular weight is 315 g/mol. The molecule has 0 bridgehead atoms. The lowest BCUT2D eigenvalue weighted by Crippen LogP contribution is -2.43. The lowest BCUT2D eigenvalue weighted by molar-refractivity contribution is -0.222. The standard InChI is InChI=1S/C18H21NO4/c1-18(2)22-16(20)14(17(21)23-18)15(13-9-5-3-6-10-13)19-11-7-4-8-12-19/h3,5-6,9-10H,4,7-8,11-12H2,1-2H3. The molecule has 0 amide bonds. The van der Waals surface area contributed by atoms with E-state index in [1.807, 2.05) is 30.3 Å². The van der Waals surface area contributed by atoms with Crippen molar-refractivity contribution in [2.45, 2.75) is 38.9 Å². The molecule has 0 atom stereocenters. The summed E-state index contributed by atoms with van der Waals surface area (Å²) < 4.78 is 10.6. The Labute approximate surface area is 135 Å². The Bertz CT molecular complexity index is 620. The number of piperidine rings is 1. The molecule has 0 radical (unpaired) electrons. The van der Waals surface area contributed by atoms with Crippen LogP contribution in [0.15, 0.2) is 35.9 Å². The highest BCUT2D eigenvalue weighted by Crippen LogP contribution is 2.32. The molecule has 0 saturated carbocycles. The van der Waals surface area contributed by atoms with Gasteiger partial charge in [0.15, 0.2) is 5.57 Å². The minimum absolute atomic E-state index is 0.00238. The van der Waals surface area contributed by atoms with Crippen LogP contribution < -0.4 is 0 Å². The van der Waals surface area contributed by atoms with Gasteiger partial charge in [-0.25, -0.2) is 9.59 Å². The molecule has 23 heavy (non-hydrogen) atoms. The third kappa shape index (κ3) is 3.23. The number of carbonyl (C=O) groups excluding carboxylic acids is 2. The maximum atomic E-state index is 12.5. The lowest BCUT2D eigenvalue weighted by atomic mass is 10.0. The molecule has 1 aromatic rings. The van der Waals surface area contributed by atoms with Crippen LogP contribution >= 0.6 is 0 Å². The fourth-order valence-corrected chi connectivity index (χ4v) is 3.04. The minimum Gasteiger partial charge on any atom is -0.419 e. The fraction of sp³-hybridized carbons (Fsp3) is 0.444. The molecule has 2 fully saturated rings. The van der Waals surface area contributed by atoms with Gasteiger partial charge in [0, 0.05) is 26.9 Å². The molecule has 2 saturated heterocycles. The first kappa shape index (κ1) is 15.6. The Hall–Kier alpha value is -2.30. The van der Waals surface area contributed by atoms with Crippen molar-refractivity contribution in [3.8, 4) is 0 Å². The van der Waals surface area contributed by atoms with Gasteiger partial charge in [-0.15, -0.1) is 0 Å². The van der Waals surface area contributed by atoms with Crippen LogP contribution in [0.25, 0.3) is 5.70 Å². The Morgan fingerprint density at radius 1 is 0.957 bits per heavy atom. The molecule has 5 nitrogen and oxygen atoms in total. The van der Waals surface area contributed by atoms with Crippen molar-refractivity contribution < 1.29 is 19.1 Å². The summed E-state index contributed by atoms with van der Waals surface area (Å²) in [6, 6.07) is 9.49. The van der Waals surface area contributed by atoms with Gasteiger partial charge < -0.3 is 14.4 Å². The summed E-state index contributed by atoms with van der Waals surface area (Å²) in [6.45, 7) is 4.75. The molecule has 2 heterocycles. The molecular weight excluding hydrogens is 294 g/mol. The number of rotatable bonds is 2. The maximum Gasteiger partial charge on any atom is 0.351 e. The number of nitrogens with zero attached hydrogens (tertiary/aromatic N) is 1. The van der Waals surface area contributed by atoms with E-state index in [1.165, 1.54) is 0 Å². The van der Waals surface area contributed by atoms with Gasteiger partial charge in [-0.1, -0.05) is 30.3 Å².